The number of carbonyl (C=O) groups excluding carboxylic acids is 3. The Morgan fingerprint density at radius 2 is 1.51 bits per heavy atom. The zero-order valence-corrected chi connectivity index (χ0v) is 24.4. The molecule has 0 aromatic carbocycles. The number of hydrogen-bond donors (Lipinski definition) is 0. The van der Waals surface area contributed by atoms with Crippen molar-refractivity contribution in [3.63, 3.8) is 0 Å². The van der Waals surface area contributed by atoms with Crippen LogP contribution in [0, 0.1) is 58.2 Å². The first-order valence-corrected chi connectivity index (χ1v) is 14.8. The van der Waals surface area contributed by atoms with Crippen molar-refractivity contribution in [3.8, 4) is 0 Å². The van der Waals surface area contributed by atoms with E-state index in [9.17, 15) is 14.4 Å². The van der Waals surface area contributed by atoms with Gasteiger partial charge in [0.15, 0.2) is 0 Å². The molecule has 0 N–H and O–H groups in total. The molecular formula is C32H50O5. The maximum absolute atomic E-state index is 13.7. The van der Waals surface area contributed by atoms with Crippen molar-refractivity contribution >= 4 is 17.7 Å². The zero-order valence-electron chi connectivity index (χ0n) is 24.4. The van der Waals surface area contributed by atoms with Gasteiger partial charge in [-0.3, -0.25) is 14.4 Å². The van der Waals surface area contributed by atoms with Gasteiger partial charge < -0.3 is 9.47 Å². The highest BCUT2D eigenvalue weighted by atomic mass is 16.6. The first-order chi connectivity index (χ1) is 17.3. The van der Waals surface area contributed by atoms with Crippen molar-refractivity contribution < 1.29 is 23.9 Å². The number of carbonyl (C=O) groups is 3. The van der Waals surface area contributed by atoms with Crippen molar-refractivity contribution in [2.45, 2.75) is 113 Å². The summed E-state index contributed by atoms with van der Waals surface area (Å²) < 4.78 is 11.3. The van der Waals surface area contributed by atoms with Gasteiger partial charge in [-0.1, -0.05) is 53.7 Å². The molecule has 5 nitrogen and oxygen atoms in total. The monoisotopic (exact) mass is 514 g/mol. The Morgan fingerprint density at radius 3 is 2.14 bits per heavy atom. The van der Waals surface area contributed by atoms with Crippen LogP contribution in [-0.2, 0) is 23.9 Å². The van der Waals surface area contributed by atoms with E-state index < -0.39 is 12.2 Å². The lowest BCUT2D eigenvalue weighted by atomic mass is 9.44. The quantitative estimate of drug-likeness (QED) is 0.289. The number of esters is 2. The molecule has 0 radical (unpaired) electrons. The molecule has 4 aliphatic carbocycles. The summed E-state index contributed by atoms with van der Waals surface area (Å²) in [6.07, 6.45) is 10.4. The minimum atomic E-state index is -0.537. The summed E-state index contributed by atoms with van der Waals surface area (Å²) in [5.41, 5.74) is 0.0358. The van der Waals surface area contributed by atoms with Gasteiger partial charge in [0.2, 0.25) is 0 Å². The number of fused-ring (bicyclic) bond motifs is 5. The van der Waals surface area contributed by atoms with Gasteiger partial charge in [0.05, 0.1) is 0 Å². The van der Waals surface area contributed by atoms with E-state index in [4.69, 9.17) is 9.47 Å². The van der Waals surface area contributed by atoms with Gasteiger partial charge in [0.25, 0.3) is 0 Å². The highest BCUT2D eigenvalue weighted by Gasteiger charge is 2.64. The van der Waals surface area contributed by atoms with Crippen LogP contribution in [0.1, 0.15) is 100 Å². The molecule has 0 bridgehead atoms. The van der Waals surface area contributed by atoms with E-state index in [-0.39, 0.29) is 28.7 Å². The Kier molecular flexibility index (Phi) is 8.04. The van der Waals surface area contributed by atoms with Gasteiger partial charge >= 0.3 is 11.9 Å². The summed E-state index contributed by atoms with van der Waals surface area (Å²) in [7, 11) is 0. The highest BCUT2D eigenvalue weighted by Crippen LogP contribution is 2.68. The van der Waals surface area contributed by atoms with Crippen LogP contribution < -0.4 is 0 Å². The Hall–Kier alpha value is -1.65. The third-order valence-electron chi connectivity index (χ3n) is 11.5. The molecule has 0 aromatic heterocycles. The maximum Gasteiger partial charge on any atom is 0.303 e. The Balaban J connectivity index is 1.57. The molecule has 0 spiro atoms. The van der Waals surface area contributed by atoms with Gasteiger partial charge in [-0.2, -0.15) is 0 Å². The molecule has 0 aromatic rings. The van der Waals surface area contributed by atoms with Crippen molar-refractivity contribution in [1.29, 1.82) is 0 Å². The number of ketones is 1. The summed E-state index contributed by atoms with van der Waals surface area (Å²) in [6.45, 7) is 16.9. The first kappa shape index (κ1) is 28.4. The zero-order chi connectivity index (χ0) is 27.3. The van der Waals surface area contributed by atoms with Gasteiger partial charge in [0.1, 0.15) is 18.0 Å². The fourth-order valence-electron chi connectivity index (χ4n) is 9.31. The fraction of sp³-hybridized carbons (Fsp3) is 0.844. The van der Waals surface area contributed by atoms with Crippen LogP contribution in [0.15, 0.2) is 12.2 Å². The summed E-state index contributed by atoms with van der Waals surface area (Å²) >= 11 is 0. The van der Waals surface area contributed by atoms with Crippen LogP contribution in [0.4, 0.5) is 0 Å². The average Bonchev–Trinajstić information content (AvgIpc) is 3.15. The van der Waals surface area contributed by atoms with E-state index in [0.717, 1.165) is 6.42 Å². The molecule has 0 unspecified atom stereocenters. The number of Topliss-reactive ketones (excluding diaryl/α,β-unsaturated/α-hetero) is 1. The van der Waals surface area contributed by atoms with E-state index in [2.05, 4.69) is 53.7 Å². The summed E-state index contributed by atoms with van der Waals surface area (Å²) in [5, 5.41) is 0. The van der Waals surface area contributed by atoms with Crippen LogP contribution in [0.2, 0.25) is 0 Å². The molecule has 4 aliphatic rings. The van der Waals surface area contributed by atoms with Crippen LogP contribution in [-0.4, -0.2) is 29.9 Å². The van der Waals surface area contributed by atoms with Crippen LogP contribution in [0.3, 0.4) is 0 Å². The molecule has 5 heteroatoms. The Morgan fingerprint density at radius 1 is 0.892 bits per heavy atom. The van der Waals surface area contributed by atoms with E-state index in [1.165, 1.54) is 33.1 Å². The summed E-state index contributed by atoms with van der Waals surface area (Å²) in [6, 6.07) is 0. The molecule has 4 rings (SSSR count). The number of hydrogen-bond acceptors (Lipinski definition) is 5. The predicted octanol–water partition coefficient (Wildman–Crippen LogP) is 6.78. The second-order valence-corrected chi connectivity index (χ2v) is 13.9. The lowest BCUT2D eigenvalue weighted by Crippen LogP contribution is -2.60. The molecule has 4 saturated carbocycles. The molecule has 0 heterocycles. The Labute approximate surface area is 224 Å². The predicted molar refractivity (Wildman–Crippen MR) is 144 cm³/mol. The topological polar surface area (TPSA) is 69.7 Å². The lowest BCUT2D eigenvalue weighted by molar-refractivity contribution is -0.195. The van der Waals surface area contributed by atoms with E-state index in [0.29, 0.717) is 66.5 Å². The van der Waals surface area contributed by atoms with Gasteiger partial charge in [-0.25, -0.2) is 0 Å². The molecule has 11 atom stereocenters. The molecule has 4 fully saturated rings. The van der Waals surface area contributed by atoms with Crippen molar-refractivity contribution in [2.24, 2.45) is 58.2 Å². The van der Waals surface area contributed by atoms with Crippen LogP contribution in [0.5, 0.6) is 0 Å². The molecular weight excluding hydrogens is 464 g/mol. The number of rotatable bonds is 6. The second-order valence-electron chi connectivity index (χ2n) is 13.9. The van der Waals surface area contributed by atoms with Crippen LogP contribution in [0.25, 0.3) is 0 Å². The smallest absolute Gasteiger partial charge is 0.303 e. The maximum atomic E-state index is 13.7. The number of allylic oxidation sites excluding steroid dienone is 2. The molecule has 0 saturated heterocycles. The second kappa shape index (κ2) is 10.5. The number of ether oxygens (including phenoxy) is 2. The minimum Gasteiger partial charge on any atom is -0.459 e. The largest absolute Gasteiger partial charge is 0.459 e. The third-order valence-corrected chi connectivity index (χ3v) is 11.5. The van der Waals surface area contributed by atoms with Gasteiger partial charge in [-0.15, -0.1) is 0 Å². The van der Waals surface area contributed by atoms with Crippen molar-refractivity contribution in [2.75, 3.05) is 0 Å². The fourth-order valence-corrected chi connectivity index (χ4v) is 9.31. The van der Waals surface area contributed by atoms with Gasteiger partial charge in [-0.05, 0) is 90.8 Å². The van der Waals surface area contributed by atoms with Crippen molar-refractivity contribution in [3.05, 3.63) is 12.2 Å². The molecule has 0 amide bonds. The van der Waals surface area contributed by atoms with E-state index >= 15 is 0 Å². The summed E-state index contributed by atoms with van der Waals surface area (Å²) in [5.74, 6) is 3.29. The molecule has 208 valence electrons. The standard InChI is InChI=1S/C32H50O5/c1-18(2)19(3)9-10-20(4)24-11-12-25-23-15-28(35)27-16-29(36-21(5)33)30(37-22(6)34)17-32(27,8)26(23)13-14-31(24,25)7/h9-10,18-20,23-27,29-30H,11-17H2,1-8H3/b10-9+/t19-,20+,23-,24+,25-,26-,27+,29-,30+,31+,32+/m0/s1. The SMILES string of the molecule is CC(=O)O[C@H]1C[C@@H]2C(=O)C[C@@H]3[C@H](CC[C@]4(C)[C@@H]([C@H](C)/C=C/[C@H](C)C(C)C)CC[C@@H]34)[C@@]2(C)C[C@H]1OC(C)=O. The highest BCUT2D eigenvalue weighted by molar-refractivity contribution is 5.83. The van der Waals surface area contributed by atoms with Crippen molar-refractivity contribution in [1.82, 2.24) is 0 Å². The molecule has 37 heavy (non-hydrogen) atoms. The Bertz CT molecular complexity index is 922. The third kappa shape index (κ3) is 5.17. The van der Waals surface area contributed by atoms with Crippen LogP contribution >= 0.6 is 0 Å². The van der Waals surface area contributed by atoms with E-state index in [1.54, 1.807) is 0 Å². The first-order valence-electron chi connectivity index (χ1n) is 14.8. The summed E-state index contributed by atoms with van der Waals surface area (Å²) in [4.78, 5) is 37.5. The lowest BCUT2D eigenvalue weighted by Gasteiger charge is -2.61. The minimum absolute atomic E-state index is 0.133. The normalized spacial score (nSPS) is 43.1. The van der Waals surface area contributed by atoms with Gasteiger partial charge in [0, 0.05) is 26.2 Å². The average molecular weight is 515 g/mol. The van der Waals surface area contributed by atoms with E-state index in [1.807, 2.05) is 0 Å². The molecule has 0 aliphatic heterocycles.